The first-order chi connectivity index (χ1) is 11.3. The van der Waals surface area contributed by atoms with E-state index in [4.69, 9.17) is 10.5 Å². The largest absolute Gasteiger partial charge is 0.476 e. The predicted octanol–water partition coefficient (Wildman–Crippen LogP) is 3.83. The monoisotopic (exact) mass is 466 g/mol. The van der Waals surface area contributed by atoms with Crippen molar-refractivity contribution in [2.75, 3.05) is 18.5 Å². The van der Waals surface area contributed by atoms with Gasteiger partial charge in [0, 0.05) is 18.0 Å². The van der Waals surface area contributed by atoms with Gasteiger partial charge in [0.15, 0.2) is 5.96 Å². The van der Waals surface area contributed by atoms with Gasteiger partial charge < -0.3 is 15.8 Å². The topological polar surface area (TPSA) is 72.5 Å². The highest BCUT2D eigenvalue weighted by Crippen LogP contribution is 2.29. The molecule has 2 aromatic rings. The van der Waals surface area contributed by atoms with E-state index in [9.17, 15) is 13.2 Å². The predicted molar refractivity (Wildman–Crippen MR) is 101 cm³/mol. The van der Waals surface area contributed by atoms with Crippen LogP contribution < -0.4 is 15.8 Å². The van der Waals surface area contributed by atoms with Crippen molar-refractivity contribution in [1.29, 1.82) is 0 Å². The average molecular weight is 466 g/mol. The first kappa shape index (κ1) is 21.0. The maximum atomic E-state index is 12.4. The third kappa shape index (κ3) is 7.16. The minimum atomic E-state index is -4.41. The fourth-order valence-electron chi connectivity index (χ4n) is 1.86. The third-order valence-electron chi connectivity index (χ3n) is 2.98. The lowest BCUT2D eigenvalue weighted by Crippen LogP contribution is -2.23. The number of rotatable bonds is 5. The summed E-state index contributed by atoms with van der Waals surface area (Å²) in [5.41, 5.74) is 6.83. The van der Waals surface area contributed by atoms with Crippen molar-refractivity contribution in [3.8, 4) is 5.88 Å². The first-order valence-corrected chi connectivity index (χ1v) is 7.14. The van der Waals surface area contributed by atoms with Gasteiger partial charge in [-0.25, -0.2) is 9.98 Å². The molecule has 0 fully saturated rings. The number of benzene rings is 1. The van der Waals surface area contributed by atoms with Crippen LogP contribution in [-0.4, -0.2) is 24.1 Å². The van der Waals surface area contributed by atoms with Crippen LogP contribution in [0, 0.1) is 6.92 Å². The summed E-state index contributed by atoms with van der Waals surface area (Å²) in [5, 5.41) is 2.94. The van der Waals surface area contributed by atoms with Crippen LogP contribution in [0.1, 0.15) is 11.1 Å². The Morgan fingerprint density at radius 3 is 2.64 bits per heavy atom. The van der Waals surface area contributed by atoms with Crippen molar-refractivity contribution in [1.82, 2.24) is 4.98 Å². The molecule has 25 heavy (non-hydrogen) atoms. The number of hydrogen-bond donors (Lipinski definition) is 2. The number of guanidine groups is 1. The van der Waals surface area contributed by atoms with Gasteiger partial charge in [-0.3, -0.25) is 0 Å². The molecule has 0 saturated carbocycles. The quantitative estimate of drug-likeness (QED) is 0.304. The molecular formula is C16H18F3IN4O. The highest BCUT2D eigenvalue weighted by atomic mass is 127. The highest BCUT2D eigenvalue weighted by molar-refractivity contribution is 14.0. The molecule has 1 aromatic heterocycles. The van der Waals surface area contributed by atoms with Gasteiger partial charge in [0.25, 0.3) is 0 Å². The van der Waals surface area contributed by atoms with E-state index >= 15 is 0 Å². The van der Waals surface area contributed by atoms with Crippen LogP contribution in [0.25, 0.3) is 0 Å². The Bertz CT molecular complexity index is 705. The number of aryl methyl sites for hydroxylation is 1. The second-order valence-corrected chi connectivity index (χ2v) is 4.99. The van der Waals surface area contributed by atoms with Crippen molar-refractivity contribution in [2.45, 2.75) is 13.1 Å². The van der Waals surface area contributed by atoms with E-state index in [2.05, 4.69) is 15.3 Å². The van der Waals surface area contributed by atoms with Gasteiger partial charge in [0.1, 0.15) is 6.61 Å². The van der Waals surface area contributed by atoms with E-state index in [1.807, 2.05) is 31.2 Å². The van der Waals surface area contributed by atoms with Crippen molar-refractivity contribution in [3.63, 3.8) is 0 Å². The van der Waals surface area contributed by atoms with Gasteiger partial charge in [0.2, 0.25) is 5.88 Å². The van der Waals surface area contributed by atoms with E-state index < -0.39 is 11.7 Å². The zero-order valence-electron chi connectivity index (χ0n) is 13.4. The Morgan fingerprint density at radius 1 is 1.28 bits per heavy atom. The molecule has 0 aliphatic heterocycles. The molecule has 9 heteroatoms. The van der Waals surface area contributed by atoms with E-state index in [0.717, 1.165) is 23.5 Å². The van der Waals surface area contributed by atoms with Gasteiger partial charge in [-0.2, -0.15) is 13.2 Å². The number of hydrogen-bond acceptors (Lipinski definition) is 3. The van der Waals surface area contributed by atoms with Gasteiger partial charge in [-0.1, -0.05) is 12.1 Å². The number of nitrogens with two attached hydrogens (primary N) is 1. The van der Waals surface area contributed by atoms with Crippen LogP contribution in [0.2, 0.25) is 0 Å². The molecule has 2 rings (SSSR count). The summed E-state index contributed by atoms with van der Waals surface area (Å²) in [6.45, 7) is 2.35. The summed E-state index contributed by atoms with van der Waals surface area (Å²) in [5.74, 6) is 0.327. The Balaban J connectivity index is 0.00000312. The zero-order chi connectivity index (χ0) is 17.6. The molecule has 0 aliphatic rings. The van der Waals surface area contributed by atoms with E-state index in [1.54, 1.807) is 0 Å². The maximum absolute atomic E-state index is 12.4. The van der Waals surface area contributed by atoms with Gasteiger partial charge in [0.05, 0.1) is 12.1 Å². The van der Waals surface area contributed by atoms with Gasteiger partial charge in [-0.05, 0) is 30.7 Å². The van der Waals surface area contributed by atoms with E-state index in [-0.39, 0.29) is 49.0 Å². The van der Waals surface area contributed by atoms with E-state index in [1.165, 1.54) is 6.07 Å². The van der Waals surface area contributed by atoms with Crippen LogP contribution in [0.5, 0.6) is 5.88 Å². The van der Waals surface area contributed by atoms with Crippen LogP contribution in [0.3, 0.4) is 0 Å². The summed E-state index contributed by atoms with van der Waals surface area (Å²) in [6, 6.07) is 9.72. The maximum Gasteiger partial charge on any atom is 0.417 e. The molecule has 0 unspecified atom stereocenters. The molecule has 0 amide bonds. The number of aromatic nitrogens is 1. The van der Waals surface area contributed by atoms with E-state index in [0.29, 0.717) is 0 Å². The first-order valence-electron chi connectivity index (χ1n) is 7.14. The molecule has 3 N–H and O–H groups in total. The van der Waals surface area contributed by atoms with Crippen molar-refractivity contribution >= 4 is 35.6 Å². The fraction of sp³-hybridized carbons (Fsp3) is 0.250. The molecule has 5 nitrogen and oxygen atoms in total. The normalized spacial score (nSPS) is 11.6. The molecule has 0 spiro atoms. The lowest BCUT2D eigenvalue weighted by molar-refractivity contribution is -0.137. The summed E-state index contributed by atoms with van der Waals surface area (Å²) in [6.07, 6.45) is -3.68. The molecule has 1 heterocycles. The highest BCUT2D eigenvalue weighted by Gasteiger charge is 2.30. The van der Waals surface area contributed by atoms with Crippen LogP contribution >= 0.6 is 24.0 Å². The molecule has 0 aliphatic carbocycles. The number of halogens is 4. The van der Waals surface area contributed by atoms with Crippen LogP contribution in [-0.2, 0) is 6.18 Å². The fourth-order valence-corrected chi connectivity index (χ4v) is 1.86. The van der Waals surface area contributed by atoms with Crippen molar-refractivity contribution in [2.24, 2.45) is 10.7 Å². The molecule has 0 saturated heterocycles. The number of ether oxygens (including phenoxy) is 1. The number of nitrogens with one attached hydrogen (secondary N) is 1. The van der Waals surface area contributed by atoms with Crippen molar-refractivity contribution < 1.29 is 17.9 Å². The smallest absolute Gasteiger partial charge is 0.417 e. The number of nitrogens with zero attached hydrogens (tertiary/aromatic N) is 2. The molecule has 0 atom stereocenters. The molecular weight excluding hydrogens is 448 g/mol. The number of aliphatic imine (C=N–C) groups is 1. The van der Waals surface area contributed by atoms with Gasteiger partial charge in [-0.15, -0.1) is 24.0 Å². The SMILES string of the molecule is Cc1cccc(NC(N)=NCCOc2ccc(C(F)(F)F)cn2)c1.I. The zero-order valence-corrected chi connectivity index (χ0v) is 15.7. The lowest BCUT2D eigenvalue weighted by Gasteiger charge is -2.08. The molecule has 136 valence electrons. The molecule has 0 bridgehead atoms. The third-order valence-corrected chi connectivity index (χ3v) is 2.98. The number of pyridine rings is 1. The minimum absolute atomic E-state index is 0. The van der Waals surface area contributed by atoms with Crippen molar-refractivity contribution in [3.05, 3.63) is 53.7 Å². The summed E-state index contributed by atoms with van der Waals surface area (Å²) < 4.78 is 42.4. The Labute approximate surface area is 160 Å². The van der Waals surface area contributed by atoms with Crippen LogP contribution in [0.4, 0.5) is 18.9 Å². The summed E-state index contributed by atoms with van der Waals surface area (Å²) in [7, 11) is 0. The summed E-state index contributed by atoms with van der Waals surface area (Å²) >= 11 is 0. The Morgan fingerprint density at radius 2 is 2.04 bits per heavy atom. The second-order valence-electron chi connectivity index (χ2n) is 4.99. The number of alkyl halides is 3. The number of anilines is 1. The Hall–Kier alpha value is -2.04. The van der Waals surface area contributed by atoms with Crippen LogP contribution in [0.15, 0.2) is 47.6 Å². The average Bonchev–Trinajstić information content (AvgIpc) is 2.51. The molecule has 1 aromatic carbocycles. The second kappa shape index (κ2) is 9.44. The minimum Gasteiger partial charge on any atom is -0.476 e. The van der Waals surface area contributed by atoms with Gasteiger partial charge >= 0.3 is 6.18 Å². The standard InChI is InChI=1S/C16H17F3N4O.HI/c1-11-3-2-4-13(9-11)23-15(20)21-7-8-24-14-6-5-12(10-22-14)16(17,18)19;/h2-6,9-10H,7-8H2,1H3,(H3,20,21,23);1H. The summed E-state index contributed by atoms with van der Waals surface area (Å²) in [4.78, 5) is 7.67. The Kier molecular flexibility index (Phi) is 7.94. The lowest BCUT2D eigenvalue weighted by atomic mass is 10.2. The molecule has 0 radical (unpaired) electrons.